The number of aliphatic hydroxyl groups excluding tert-OH is 1. The molecule has 0 saturated carbocycles. The number of rotatable bonds is 4. The van der Waals surface area contributed by atoms with Gasteiger partial charge in [0.15, 0.2) is 0 Å². The van der Waals surface area contributed by atoms with Crippen molar-refractivity contribution in [1.82, 2.24) is 4.31 Å². The Kier molecular flexibility index (Phi) is 4.41. The molecule has 1 aromatic rings. The first kappa shape index (κ1) is 14.3. The lowest BCUT2D eigenvalue weighted by Gasteiger charge is -2.31. The molecule has 1 fully saturated rings. The number of morpholine rings is 1. The first-order chi connectivity index (χ1) is 9.07. The van der Waals surface area contributed by atoms with Gasteiger partial charge in [-0.2, -0.15) is 4.31 Å². The number of sulfonamides is 1. The molecule has 1 aromatic carbocycles. The van der Waals surface area contributed by atoms with E-state index in [0.29, 0.717) is 18.9 Å². The van der Waals surface area contributed by atoms with Gasteiger partial charge in [0.1, 0.15) is 5.75 Å². The SMILES string of the molecule is COc1ccc(S(=O)(=O)N2CCOC(CO)C2)cc1. The van der Waals surface area contributed by atoms with Crippen LogP contribution in [0.15, 0.2) is 29.2 Å². The van der Waals surface area contributed by atoms with E-state index in [4.69, 9.17) is 14.6 Å². The van der Waals surface area contributed by atoms with Gasteiger partial charge in [0.2, 0.25) is 10.0 Å². The maximum atomic E-state index is 12.4. The number of benzene rings is 1. The van der Waals surface area contributed by atoms with Gasteiger partial charge in [-0.25, -0.2) is 8.42 Å². The molecule has 2 rings (SSSR count). The van der Waals surface area contributed by atoms with Gasteiger partial charge >= 0.3 is 0 Å². The third-order valence-corrected chi connectivity index (χ3v) is 4.88. The molecule has 6 nitrogen and oxygen atoms in total. The van der Waals surface area contributed by atoms with Crippen LogP contribution in [0, 0.1) is 0 Å². The van der Waals surface area contributed by atoms with E-state index in [9.17, 15) is 8.42 Å². The van der Waals surface area contributed by atoms with Crippen LogP contribution in [0.5, 0.6) is 5.75 Å². The van der Waals surface area contributed by atoms with Crippen LogP contribution in [0.4, 0.5) is 0 Å². The zero-order valence-electron chi connectivity index (χ0n) is 10.7. The summed E-state index contributed by atoms with van der Waals surface area (Å²) in [4.78, 5) is 0.215. The Morgan fingerprint density at radius 3 is 2.68 bits per heavy atom. The second-order valence-electron chi connectivity index (χ2n) is 4.21. The summed E-state index contributed by atoms with van der Waals surface area (Å²) >= 11 is 0. The fourth-order valence-electron chi connectivity index (χ4n) is 1.92. The Morgan fingerprint density at radius 2 is 2.11 bits per heavy atom. The molecule has 1 aliphatic rings. The van der Waals surface area contributed by atoms with Crippen LogP contribution in [0.1, 0.15) is 0 Å². The Balaban J connectivity index is 2.20. The van der Waals surface area contributed by atoms with E-state index in [1.807, 2.05) is 0 Å². The van der Waals surface area contributed by atoms with Crippen LogP contribution < -0.4 is 4.74 Å². The molecule has 7 heteroatoms. The van der Waals surface area contributed by atoms with Crippen LogP contribution in [-0.2, 0) is 14.8 Å². The monoisotopic (exact) mass is 287 g/mol. The van der Waals surface area contributed by atoms with Gasteiger partial charge in [0.05, 0.1) is 31.3 Å². The standard InChI is InChI=1S/C12H17NO5S/c1-17-10-2-4-12(5-3-10)19(15,16)13-6-7-18-11(8-13)9-14/h2-5,11,14H,6-9H2,1H3. The molecule has 19 heavy (non-hydrogen) atoms. The predicted molar refractivity (Wildman–Crippen MR) is 68.6 cm³/mol. The minimum atomic E-state index is -3.54. The third kappa shape index (κ3) is 3.06. The number of ether oxygens (including phenoxy) is 2. The quantitative estimate of drug-likeness (QED) is 0.848. The van der Waals surface area contributed by atoms with Gasteiger partial charge in [-0.15, -0.1) is 0 Å². The van der Waals surface area contributed by atoms with Crippen LogP contribution >= 0.6 is 0 Å². The van der Waals surface area contributed by atoms with E-state index >= 15 is 0 Å². The summed E-state index contributed by atoms with van der Waals surface area (Å²) in [6.07, 6.45) is -0.457. The lowest BCUT2D eigenvalue weighted by molar-refractivity contribution is -0.0304. The van der Waals surface area contributed by atoms with Crippen LogP contribution in [0.2, 0.25) is 0 Å². The third-order valence-electron chi connectivity index (χ3n) is 3.00. The molecular formula is C12H17NO5S. The molecule has 1 N–H and O–H groups in total. The van der Waals surface area contributed by atoms with E-state index in [-0.39, 0.29) is 18.0 Å². The first-order valence-electron chi connectivity index (χ1n) is 5.94. The summed E-state index contributed by atoms with van der Waals surface area (Å²) in [5.41, 5.74) is 0. The van der Waals surface area contributed by atoms with E-state index in [1.54, 1.807) is 12.1 Å². The summed E-state index contributed by atoms with van der Waals surface area (Å²) in [6, 6.07) is 6.24. The van der Waals surface area contributed by atoms with Crippen molar-refractivity contribution in [2.45, 2.75) is 11.0 Å². The molecular weight excluding hydrogens is 270 g/mol. The molecule has 0 bridgehead atoms. The lowest BCUT2D eigenvalue weighted by atomic mass is 10.3. The summed E-state index contributed by atoms with van der Waals surface area (Å²) < 4.78 is 36.4. The zero-order chi connectivity index (χ0) is 13.9. The minimum Gasteiger partial charge on any atom is -0.497 e. The van der Waals surface area contributed by atoms with Gasteiger partial charge < -0.3 is 14.6 Å². The van der Waals surface area contributed by atoms with Crippen molar-refractivity contribution >= 4 is 10.0 Å². The zero-order valence-corrected chi connectivity index (χ0v) is 11.5. The Morgan fingerprint density at radius 1 is 1.42 bits per heavy atom. The topological polar surface area (TPSA) is 76.1 Å². The Bertz CT molecular complexity index is 513. The Labute approximate surface area is 112 Å². The molecule has 1 aliphatic heterocycles. The van der Waals surface area contributed by atoms with Crippen LogP contribution in [0.3, 0.4) is 0 Å². The second-order valence-corrected chi connectivity index (χ2v) is 6.15. The minimum absolute atomic E-state index is 0.171. The smallest absolute Gasteiger partial charge is 0.243 e. The van der Waals surface area contributed by atoms with E-state index in [1.165, 1.54) is 23.5 Å². The average Bonchev–Trinajstić information content (AvgIpc) is 2.47. The molecule has 1 saturated heterocycles. The number of nitrogens with zero attached hydrogens (tertiary/aromatic N) is 1. The van der Waals surface area contributed by atoms with Crippen molar-refractivity contribution in [1.29, 1.82) is 0 Å². The fourth-order valence-corrected chi connectivity index (χ4v) is 3.37. The highest BCUT2D eigenvalue weighted by molar-refractivity contribution is 7.89. The van der Waals surface area contributed by atoms with Crippen molar-refractivity contribution < 1.29 is 23.0 Å². The van der Waals surface area contributed by atoms with Crippen LogP contribution in [0.25, 0.3) is 0 Å². The number of hydrogen-bond acceptors (Lipinski definition) is 5. The molecule has 1 heterocycles. The molecule has 0 radical (unpaired) electrons. The van der Waals surface area contributed by atoms with Gasteiger partial charge in [0.25, 0.3) is 0 Å². The molecule has 0 spiro atoms. The van der Waals surface area contributed by atoms with Gasteiger partial charge in [-0.3, -0.25) is 0 Å². The summed E-state index contributed by atoms with van der Waals surface area (Å²) in [7, 11) is -2.02. The van der Waals surface area contributed by atoms with Crippen molar-refractivity contribution in [2.75, 3.05) is 33.4 Å². The highest BCUT2D eigenvalue weighted by Crippen LogP contribution is 2.21. The Hall–Kier alpha value is -1.15. The van der Waals surface area contributed by atoms with Crippen molar-refractivity contribution in [3.8, 4) is 5.75 Å². The molecule has 1 unspecified atom stereocenters. The maximum absolute atomic E-state index is 12.4. The first-order valence-corrected chi connectivity index (χ1v) is 7.38. The highest BCUT2D eigenvalue weighted by atomic mass is 32.2. The number of hydrogen-bond donors (Lipinski definition) is 1. The van der Waals surface area contributed by atoms with E-state index in [2.05, 4.69) is 0 Å². The van der Waals surface area contributed by atoms with Crippen molar-refractivity contribution in [3.63, 3.8) is 0 Å². The predicted octanol–water partition coefficient (Wildman–Crippen LogP) is 0.0770. The van der Waals surface area contributed by atoms with Gasteiger partial charge in [-0.05, 0) is 24.3 Å². The summed E-state index contributed by atoms with van der Waals surface area (Å²) in [5, 5.41) is 9.05. The van der Waals surface area contributed by atoms with Crippen molar-refractivity contribution in [3.05, 3.63) is 24.3 Å². The lowest BCUT2D eigenvalue weighted by Crippen LogP contribution is -2.46. The molecule has 0 aliphatic carbocycles. The molecule has 0 amide bonds. The fraction of sp³-hybridized carbons (Fsp3) is 0.500. The van der Waals surface area contributed by atoms with E-state index in [0.717, 1.165) is 0 Å². The molecule has 0 aromatic heterocycles. The second kappa shape index (κ2) is 5.87. The summed E-state index contributed by atoms with van der Waals surface area (Å²) in [6.45, 7) is 0.574. The average molecular weight is 287 g/mol. The normalized spacial score (nSPS) is 21.3. The maximum Gasteiger partial charge on any atom is 0.243 e. The van der Waals surface area contributed by atoms with Gasteiger partial charge in [-0.1, -0.05) is 0 Å². The van der Waals surface area contributed by atoms with Crippen LogP contribution in [-0.4, -0.2) is 57.3 Å². The number of methoxy groups -OCH3 is 1. The van der Waals surface area contributed by atoms with Crippen molar-refractivity contribution in [2.24, 2.45) is 0 Å². The highest BCUT2D eigenvalue weighted by Gasteiger charge is 2.30. The van der Waals surface area contributed by atoms with E-state index < -0.39 is 16.1 Å². The largest absolute Gasteiger partial charge is 0.497 e. The number of aliphatic hydroxyl groups is 1. The molecule has 1 atom stereocenters. The van der Waals surface area contributed by atoms with Gasteiger partial charge in [0, 0.05) is 13.1 Å². The molecule has 106 valence electrons. The summed E-state index contributed by atoms with van der Waals surface area (Å²) in [5.74, 6) is 0.606.